The lowest BCUT2D eigenvalue weighted by Crippen LogP contribution is -2.25. The average molecular weight is 211 g/mol. The van der Waals surface area contributed by atoms with Crippen LogP contribution in [0.15, 0.2) is 4.42 Å². The third-order valence-corrected chi connectivity index (χ3v) is 2.87. The number of rotatable bonds is 3. The number of aromatic nitrogens is 2. The molecule has 0 aliphatic heterocycles. The van der Waals surface area contributed by atoms with Crippen molar-refractivity contribution in [2.75, 3.05) is 7.11 Å². The highest BCUT2D eigenvalue weighted by molar-refractivity contribution is 4.94. The van der Waals surface area contributed by atoms with E-state index in [0.29, 0.717) is 24.5 Å². The lowest BCUT2D eigenvalue weighted by molar-refractivity contribution is 0.156. The van der Waals surface area contributed by atoms with E-state index < -0.39 is 0 Å². The second-order valence-corrected chi connectivity index (χ2v) is 4.08. The lowest BCUT2D eigenvalue weighted by atomic mass is 9.86. The van der Waals surface area contributed by atoms with Crippen LogP contribution in [-0.2, 0) is 11.3 Å². The summed E-state index contributed by atoms with van der Waals surface area (Å²) in [4.78, 5) is 0. The number of hydrogen-bond donors (Lipinski definition) is 1. The van der Waals surface area contributed by atoms with E-state index >= 15 is 0 Å². The average Bonchev–Trinajstić information content (AvgIpc) is 2.68. The molecule has 0 aromatic carbocycles. The first-order valence-corrected chi connectivity index (χ1v) is 5.36. The third kappa shape index (κ3) is 2.54. The third-order valence-electron chi connectivity index (χ3n) is 2.87. The van der Waals surface area contributed by atoms with Crippen molar-refractivity contribution < 1.29 is 9.15 Å². The van der Waals surface area contributed by atoms with E-state index in [1.54, 1.807) is 7.11 Å². The fourth-order valence-electron chi connectivity index (χ4n) is 1.98. The quantitative estimate of drug-likeness (QED) is 0.813. The molecule has 15 heavy (non-hydrogen) atoms. The SMILES string of the molecule is COCc1nnc([C@H]2CC[C@H](N)CC2)o1. The molecule has 84 valence electrons. The number of nitrogens with two attached hydrogens (primary N) is 1. The Morgan fingerprint density at radius 2 is 2.07 bits per heavy atom. The van der Waals surface area contributed by atoms with E-state index in [0.717, 1.165) is 31.6 Å². The molecule has 0 saturated heterocycles. The minimum absolute atomic E-state index is 0.350. The molecule has 1 fully saturated rings. The maximum absolute atomic E-state index is 5.84. The predicted octanol–water partition coefficient (Wildman–Crippen LogP) is 1.20. The molecular formula is C10H17N3O2. The minimum Gasteiger partial charge on any atom is -0.422 e. The maximum atomic E-state index is 5.84. The van der Waals surface area contributed by atoms with Gasteiger partial charge in [0.25, 0.3) is 0 Å². The zero-order chi connectivity index (χ0) is 10.7. The van der Waals surface area contributed by atoms with Crippen LogP contribution in [-0.4, -0.2) is 23.3 Å². The molecule has 1 aromatic heterocycles. The van der Waals surface area contributed by atoms with Crippen molar-refractivity contribution in [2.24, 2.45) is 5.73 Å². The summed E-state index contributed by atoms with van der Waals surface area (Å²) < 4.78 is 10.4. The summed E-state index contributed by atoms with van der Waals surface area (Å²) in [5.74, 6) is 1.69. The number of nitrogens with zero attached hydrogens (tertiary/aromatic N) is 2. The molecule has 0 amide bonds. The van der Waals surface area contributed by atoms with Gasteiger partial charge in [-0.05, 0) is 25.7 Å². The van der Waals surface area contributed by atoms with E-state index in [9.17, 15) is 0 Å². The summed E-state index contributed by atoms with van der Waals surface area (Å²) >= 11 is 0. The van der Waals surface area contributed by atoms with E-state index in [-0.39, 0.29) is 0 Å². The Bertz CT molecular complexity index is 305. The highest BCUT2D eigenvalue weighted by Gasteiger charge is 2.24. The molecule has 5 nitrogen and oxygen atoms in total. The molecule has 0 spiro atoms. The number of methoxy groups -OCH3 is 1. The summed E-state index contributed by atoms with van der Waals surface area (Å²) in [6, 6.07) is 0.350. The summed E-state index contributed by atoms with van der Waals surface area (Å²) in [7, 11) is 1.61. The number of hydrogen-bond acceptors (Lipinski definition) is 5. The van der Waals surface area contributed by atoms with Gasteiger partial charge in [-0.25, -0.2) is 0 Å². The summed E-state index contributed by atoms with van der Waals surface area (Å²) in [6.07, 6.45) is 4.20. The Labute approximate surface area is 89.0 Å². The van der Waals surface area contributed by atoms with Crippen LogP contribution in [0.1, 0.15) is 43.4 Å². The topological polar surface area (TPSA) is 74.2 Å². The van der Waals surface area contributed by atoms with Crippen LogP contribution in [0.25, 0.3) is 0 Å². The van der Waals surface area contributed by atoms with Crippen molar-refractivity contribution in [2.45, 2.75) is 44.2 Å². The van der Waals surface area contributed by atoms with E-state index in [1.165, 1.54) is 0 Å². The normalized spacial score (nSPS) is 26.8. The van der Waals surface area contributed by atoms with Crippen LogP contribution in [0.5, 0.6) is 0 Å². The van der Waals surface area contributed by atoms with Crippen molar-refractivity contribution in [1.29, 1.82) is 0 Å². The van der Waals surface area contributed by atoms with Gasteiger partial charge < -0.3 is 14.9 Å². The molecule has 0 unspecified atom stereocenters. The molecule has 0 bridgehead atoms. The molecule has 1 saturated carbocycles. The Balaban J connectivity index is 1.96. The van der Waals surface area contributed by atoms with Gasteiger partial charge in [0, 0.05) is 19.1 Å². The smallest absolute Gasteiger partial charge is 0.242 e. The van der Waals surface area contributed by atoms with Crippen molar-refractivity contribution in [3.63, 3.8) is 0 Å². The molecule has 1 aromatic rings. The Hall–Kier alpha value is -0.940. The van der Waals surface area contributed by atoms with Crippen molar-refractivity contribution in [1.82, 2.24) is 10.2 Å². The van der Waals surface area contributed by atoms with Crippen molar-refractivity contribution in [3.8, 4) is 0 Å². The lowest BCUT2D eigenvalue weighted by Gasteiger charge is -2.23. The zero-order valence-electron chi connectivity index (χ0n) is 8.98. The molecule has 1 aliphatic carbocycles. The van der Waals surface area contributed by atoms with Crippen LogP contribution in [0.3, 0.4) is 0 Å². The largest absolute Gasteiger partial charge is 0.422 e. The second-order valence-electron chi connectivity index (χ2n) is 4.08. The van der Waals surface area contributed by atoms with Gasteiger partial charge in [-0.2, -0.15) is 0 Å². The summed E-state index contributed by atoms with van der Waals surface area (Å²) in [5.41, 5.74) is 5.84. The van der Waals surface area contributed by atoms with Gasteiger partial charge in [-0.15, -0.1) is 10.2 Å². The monoisotopic (exact) mass is 211 g/mol. The number of ether oxygens (including phenoxy) is 1. The van der Waals surface area contributed by atoms with Crippen molar-refractivity contribution >= 4 is 0 Å². The summed E-state index contributed by atoms with van der Waals surface area (Å²) in [5, 5.41) is 7.97. The molecule has 1 aliphatic rings. The second kappa shape index (κ2) is 4.72. The fraction of sp³-hybridized carbons (Fsp3) is 0.800. The van der Waals surface area contributed by atoms with Gasteiger partial charge in [0.05, 0.1) is 0 Å². The Kier molecular flexibility index (Phi) is 3.33. The van der Waals surface area contributed by atoms with Gasteiger partial charge >= 0.3 is 0 Å². The van der Waals surface area contributed by atoms with Gasteiger partial charge in [0.1, 0.15) is 6.61 Å². The zero-order valence-corrected chi connectivity index (χ0v) is 8.98. The standard InChI is InChI=1S/C10H17N3O2/c1-14-6-9-12-13-10(15-9)7-2-4-8(11)5-3-7/h7-8H,2-6,11H2,1H3/t7-,8-. The molecule has 0 radical (unpaired) electrons. The molecule has 2 N–H and O–H groups in total. The van der Waals surface area contributed by atoms with Gasteiger partial charge in [-0.1, -0.05) is 0 Å². The molecule has 1 heterocycles. The minimum atomic E-state index is 0.350. The summed E-state index contributed by atoms with van der Waals surface area (Å²) in [6.45, 7) is 0.388. The van der Waals surface area contributed by atoms with Gasteiger partial charge in [0.15, 0.2) is 0 Å². The first-order valence-electron chi connectivity index (χ1n) is 5.36. The van der Waals surface area contributed by atoms with Gasteiger partial charge in [0.2, 0.25) is 11.8 Å². The Morgan fingerprint density at radius 1 is 1.33 bits per heavy atom. The molecular weight excluding hydrogens is 194 g/mol. The fourth-order valence-corrected chi connectivity index (χ4v) is 1.98. The molecule has 0 atom stereocenters. The van der Waals surface area contributed by atoms with E-state index in [1.807, 2.05) is 0 Å². The maximum Gasteiger partial charge on any atom is 0.242 e. The van der Waals surface area contributed by atoms with Crippen molar-refractivity contribution in [3.05, 3.63) is 11.8 Å². The molecule has 5 heteroatoms. The van der Waals surface area contributed by atoms with Crippen LogP contribution in [0.4, 0.5) is 0 Å². The Morgan fingerprint density at radius 3 is 2.73 bits per heavy atom. The first kappa shape index (κ1) is 10.6. The van der Waals surface area contributed by atoms with E-state index in [4.69, 9.17) is 14.9 Å². The van der Waals surface area contributed by atoms with Gasteiger partial charge in [-0.3, -0.25) is 0 Å². The highest BCUT2D eigenvalue weighted by Crippen LogP contribution is 2.31. The molecule has 2 rings (SSSR count). The first-order chi connectivity index (χ1) is 7.29. The van der Waals surface area contributed by atoms with Crippen LogP contribution in [0, 0.1) is 0 Å². The predicted molar refractivity (Wildman–Crippen MR) is 54.2 cm³/mol. The highest BCUT2D eigenvalue weighted by atomic mass is 16.5. The van der Waals surface area contributed by atoms with E-state index in [2.05, 4.69) is 10.2 Å². The van der Waals surface area contributed by atoms with Crippen LogP contribution in [0.2, 0.25) is 0 Å². The van der Waals surface area contributed by atoms with Crippen LogP contribution >= 0.6 is 0 Å². The van der Waals surface area contributed by atoms with Crippen LogP contribution < -0.4 is 5.73 Å².